The summed E-state index contributed by atoms with van der Waals surface area (Å²) in [4.78, 5) is 117. The van der Waals surface area contributed by atoms with Crippen molar-refractivity contribution in [3.05, 3.63) is 326 Å². The summed E-state index contributed by atoms with van der Waals surface area (Å²) in [7, 11) is 0. The molecule has 9 atom stereocenters. The van der Waals surface area contributed by atoms with Gasteiger partial charge < -0.3 is 71.9 Å². The zero-order valence-electron chi connectivity index (χ0n) is 77.0. The molecule has 0 radical (unpaired) electrons. The summed E-state index contributed by atoms with van der Waals surface area (Å²) >= 11 is 56.5. The number of aromatic nitrogens is 11. The second-order valence-electron chi connectivity index (χ2n) is 35.7. The minimum atomic E-state index is -0.556. The van der Waals surface area contributed by atoms with Crippen LogP contribution in [0.1, 0.15) is 95.6 Å². The lowest BCUT2D eigenvalue weighted by Gasteiger charge is -2.24. The summed E-state index contributed by atoms with van der Waals surface area (Å²) < 4.78 is 0. The molecule has 11 heterocycles. The fraction of sp³-hybridized carbons (Fsp3) is 0.291. The highest BCUT2D eigenvalue weighted by atomic mass is 35.5. The Kier molecular flexibility index (Phi) is 34.8. The lowest BCUT2D eigenvalue weighted by atomic mass is 10.1. The number of aliphatic hydroxyl groups excluding tert-OH is 4. The van der Waals surface area contributed by atoms with Gasteiger partial charge in [0.15, 0.2) is 0 Å². The number of nitrogens with one attached hydrogen (secondary N) is 10. The summed E-state index contributed by atoms with van der Waals surface area (Å²) in [5.41, 5.74) is 14.5. The van der Waals surface area contributed by atoms with E-state index in [1.807, 2.05) is 195 Å². The number of halogens is 9. The fourth-order valence-corrected chi connectivity index (χ4v) is 21.0. The third-order valence-electron chi connectivity index (χ3n) is 25.3. The van der Waals surface area contributed by atoms with E-state index in [-0.39, 0.29) is 35.6 Å². The Morgan fingerprint density at radius 1 is 0.315 bits per heavy atom. The van der Waals surface area contributed by atoms with Crippen molar-refractivity contribution in [3.63, 3.8) is 0 Å². The van der Waals surface area contributed by atoms with Crippen molar-refractivity contribution in [2.75, 3.05) is 32.7 Å². The monoisotopic (exact) mass is 2120 g/mol. The summed E-state index contributed by atoms with van der Waals surface area (Å²) in [6.07, 6.45) is 1.20. The van der Waals surface area contributed by atoms with Crippen LogP contribution < -0.4 is 26.6 Å². The van der Waals surface area contributed by atoms with Crippen LogP contribution in [0.25, 0.3) is 65.7 Å². The highest BCUT2D eigenvalue weighted by molar-refractivity contribution is 7.13. The molecule has 21 rings (SSSR count). The van der Waals surface area contributed by atoms with Crippen molar-refractivity contribution in [1.29, 1.82) is 0 Å². The number of nitrogens with zero attached hydrogens (tertiary/aromatic N) is 11. The van der Waals surface area contributed by atoms with E-state index in [2.05, 4.69) is 81.3 Å². The first-order valence-electron chi connectivity index (χ1n) is 46.6. The number of para-hydroxylation sites is 10. The summed E-state index contributed by atoms with van der Waals surface area (Å²) in [5, 5.41) is 63.5. The molecular weight excluding hydrogens is 2030 g/mol. The van der Waals surface area contributed by atoms with Gasteiger partial charge in [-0.1, -0.05) is 195 Å². The number of thiazole rings is 1. The third-order valence-corrected chi connectivity index (χ3v) is 28.9. The van der Waals surface area contributed by atoms with Gasteiger partial charge in [-0.25, -0.2) is 29.9 Å². The van der Waals surface area contributed by atoms with Crippen LogP contribution in [-0.4, -0.2) is 217 Å². The molecule has 0 unspecified atom stereocenters. The van der Waals surface area contributed by atoms with Crippen molar-refractivity contribution in [2.24, 2.45) is 0 Å². The van der Waals surface area contributed by atoms with Crippen LogP contribution in [0.5, 0.6) is 0 Å². The van der Waals surface area contributed by atoms with Gasteiger partial charge in [0.2, 0.25) is 29.5 Å². The molecule has 5 aliphatic heterocycles. The maximum Gasteiger partial charge on any atom is 0.237 e. The predicted molar refractivity (Wildman–Crippen MR) is 561 cm³/mol. The third kappa shape index (κ3) is 27.3. The average molecular weight is 2130 g/mol. The summed E-state index contributed by atoms with van der Waals surface area (Å²) in [5.74, 6) is 3.04. The topological polar surface area (TPSA) is 399 Å². The molecule has 10 aromatic carbocycles. The van der Waals surface area contributed by atoms with Gasteiger partial charge in [0.25, 0.3) is 0 Å². The Bertz CT molecular complexity index is 6840. The zero-order valence-corrected chi connectivity index (χ0v) is 84.6. The van der Waals surface area contributed by atoms with E-state index in [9.17, 15) is 44.4 Å². The van der Waals surface area contributed by atoms with Crippen LogP contribution in [0.4, 0.5) is 0 Å². The molecule has 143 heavy (non-hydrogen) atoms. The maximum absolute atomic E-state index is 12.9. The van der Waals surface area contributed by atoms with Gasteiger partial charge in [-0.05, 0) is 195 Å². The quantitative estimate of drug-likeness (QED) is 0.0239. The number of fused-ring (bicyclic) bond motifs is 5. The van der Waals surface area contributed by atoms with Crippen molar-refractivity contribution < 1.29 is 44.4 Å². The van der Waals surface area contributed by atoms with Crippen molar-refractivity contribution >= 4 is 200 Å². The van der Waals surface area contributed by atoms with Crippen LogP contribution in [-0.2, 0) is 89.4 Å². The number of likely N-dealkylation sites (tertiary alicyclic amines) is 5. The molecular formula is C103H102Cl9N21O9S. The Labute approximate surface area is 871 Å². The SMILES string of the molecule is O=C(NCc1nc2ccccc2[nH]1)[C@@H]1CCCN1Cc1ccc(Cl)cc1Cl.O=C(NCc1nc2ccccc2[nH]1)[C@@H]1C[C@@H](O)CN1Cc1cc(Cl)ccc1Cl.O=C(NCc1nc2ccccc2[nH]1)[C@@H]1C[C@@H](O)CN1Cc1ccc(Cl)cc1Cl.O=C(NCc1nc2ccccc2[nH]1)[C@@H]1C[C@@H](O)CN1Cc1csc(-c2ccc(Cl)cc2)n1.O=C(NCc1nc2ccccc2[nH]1)[C@@H]1C[C@H](O)CN1Cc1ccc(Cl)cc1Cl. The lowest BCUT2D eigenvalue weighted by Crippen LogP contribution is -2.42. The number of hydrogen-bond donors (Lipinski definition) is 14. The maximum atomic E-state index is 12.9. The van der Waals surface area contributed by atoms with Gasteiger partial charge in [0.1, 0.15) is 34.1 Å². The number of rotatable bonds is 26. The molecule has 40 heteroatoms. The number of aliphatic hydroxyl groups is 4. The van der Waals surface area contributed by atoms with Crippen LogP contribution >= 0.6 is 116 Å². The molecule has 0 aliphatic carbocycles. The molecule has 14 N–H and O–H groups in total. The van der Waals surface area contributed by atoms with Crippen LogP contribution in [0.2, 0.25) is 45.2 Å². The molecule has 742 valence electrons. The number of benzene rings is 10. The van der Waals surface area contributed by atoms with E-state index in [0.29, 0.717) is 186 Å². The smallest absolute Gasteiger partial charge is 0.237 e. The predicted octanol–water partition coefficient (Wildman–Crippen LogP) is 17.1. The normalized spacial score (nSPS) is 19.3. The second kappa shape index (κ2) is 48.2. The molecule has 0 spiro atoms. The van der Waals surface area contributed by atoms with Crippen molar-refractivity contribution in [1.82, 2.24) is 106 Å². The van der Waals surface area contributed by atoms with E-state index < -0.39 is 48.6 Å². The molecule has 0 saturated carbocycles. The summed E-state index contributed by atoms with van der Waals surface area (Å²) in [6, 6.07) is 65.8. The van der Waals surface area contributed by atoms with Gasteiger partial charge in [0.05, 0.1) is 148 Å². The lowest BCUT2D eigenvalue weighted by molar-refractivity contribution is -0.126. The number of imidazole rings is 5. The standard InChI is InChI=1S/C23H22ClN5O2S.3C20H20Cl2N4O2.C20H20Cl2N4O/c24-15-7-5-14(6-8-15)23-26-16(13-32-23)11-29-12-17(30)9-20(29)22(31)25-10-21-27-18-3-1-2-4-19(18)28-21;21-13-5-6-15(22)12(7-13)10-26-11-14(27)8-18(26)20(28)23-9-19-24-16-3-1-2-4-17(16)25-19;2*21-13-6-5-12(15(22)7-13)10-26-11-14(27)8-18(26)20(28)23-9-19-24-16-3-1-2-4-17(16)25-19;21-14-8-7-13(15(22)10-14)12-26-9-3-6-18(26)20(27)23-11-19-24-16-4-1-2-5-17(16)25-19/h1-8,13,17,20,30H,9-12H2,(H,25,31)(H,27,28);3*1-7,14,18,27H,8-11H2,(H,23,28)(H,24,25);1-2,4-5,7-8,10,18H,3,6,9,11-12H2,(H,23,27)(H,24,25)/t17-,20+;2*14-,18+;14-,18-;18-/m11100/s1. The van der Waals surface area contributed by atoms with E-state index in [1.54, 1.807) is 59.9 Å². The summed E-state index contributed by atoms with van der Waals surface area (Å²) in [6.45, 7) is 6.68. The van der Waals surface area contributed by atoms with E-state index >= 15 is 0 Å². The average Bonchev–Trinajstić information content (AvgIpc) is 1.74. The minimum Gasteiger partial charge on any atom is -0.392 e. The Morgan fingerprint density at radius 3 is 0.930 bits per heavy atom. The van der Waals surface area contributed by atoms with Gasteiger partial charge in [-0.15, -0.1) is 11.3 Å². The number of H-pyrrole nitrogens is 5. The number of hydrogen-bond acceptors (Lipinski definition) is 21. The number of amides is 5. The molecule has 0 bridgehead atoms. The van der Waals surface area contributed by atoms with Crippen LogP contribution in [0.15, 0.2) is 224 Å². The van der Waals surface area contributed by atoms with Gasteiger partial charge in [0, 0.05) is 115 Å². The number of carbonyl (C=O) groups is 5. The molecule has 5 fully saturated rings. The first-order valence-corrected chi connectivity index (χ1v) is 50.9. The molecule has 16 aromatic rings. The first-order chi connectivity index (χ1) is 69.1. The highest BCUT2D eigenvalue weighted by Gasteiger charge is 2.41. The van der Waals surface area contributed by atoms with E-state index in [4.69, 9.17) is 109 Å². The Hall–Kier alpha value is -11.2. The molecule has 5 aliphatic rings. The molecule has 5 saturated heterocycles. The Balaban J connectivity index is 0.000000123. The van der Waals surface area contributed by atoms with Crippen molar-refractivity contribution in [3.8, 4) is 10.6 Å². The minimum absolute atomic E-state index is 0.0260. The van der Waals surface area contributed by atoms with Gasteiger partial charge in [-0.3, -0.25) is 48.5 Å². The van der Waals surface area contributed by atoms with Gasteiger partial charge in [-0.2, -0.15) is 0 Å². The van der Waals surface area contributed by atoms with E-state index in [1.165, 1.54) is 0 Å². The number of carbonyl (C=O) groups excluding carboxylic acids is 5. The van der Waals surface area contributed by atoms with Crippen LogP contribution in [0.3, 0.4) is 0 Å². The molecule has 5 amide bonds. The largest absolute Gasteiger partial charge is 0.392 e. The zero-order chi connectivity index (χ0) is 99.9. The van der Waals surface area contributed by atoms with E-state index in [0.717, 1.165) is 119 Å². The number of aromatic amines is 5. The fourth-order valence-electron chi connectivity index (χ4n) is 18.3. The first kappa shape index (κ1) is 103. The second-order valence-corrected chi connectivity index (χ2v) is 40.3. The molecule has 6 aromatic heterocycles. The van der Waals surface area contributed by atoms with Crippen LogP contribution in [0, 0.1) is 0 Å². The Morgan fingerprint density at radius 2 is 0.601 bits per heavy atom. The highest BCUT2D eigenvalue weighted by Crippen LogP contribution is 2.35. The number of β-amino-alcohol motifs (C(OH)–C–C–N with tert-alkyl or cyclic N) is 4. The van der Waals surface area contributed by atoms with Crippen molar-refractivity contribution in [2.45, 2.75) is 159 Å². The van der Waals surface area contributed by atoms with Gasteiger partial charge >= 0.3 is 0 Å². The molecule has 30 nitrogen and oxygen atoms in total.